The van der Waals surface area contributed by atoms with E-state index < -0.39 is 0 Å². The number of hydrogen-bond donors (Lipinski definition) is 2. The van der Waals surface area contributed by atoms with Gasteiger partial charge in [0.1, 0.15) is 5.76 Å². The topological polar surface area (TPSA) is 72.1 Å². The minimum Gasteiger partial charge on any atom is -0.504 e. The number of phenols is 1. The minimum absolute atomic E-state index is 0.0245. The van der Waals surface area contributed by atoms with Crippen molar-refractivity contribution in [1.29, 1.82) is 0 Å². The summed E-state index contributed by atoms with van der Waals surface area (Å²) in [6.07, 6.45) is 3.50. The predicted molar refractivity (Wildman–Crippen MR) is 97.3 cm³/mol. The molecule has 0 fully saturated rings. The summed E-state index contributed by atoms with van der Waals surface area (Å²) in [6, 6.07) is 8.94. The molecule has 0 radical (unpaired) electrons. The Hall–Kier alpha value is -2.92. The maximum absolute atomic E-state index is 9.79. The van der Waals surface area contributed by atoms with E-state index in [-0.39, 0.29) is 12.4 Å². The lowest BCUT2D eigenvalue weighted by Gasteiger charge is -2.05. The van der Waals surface area contributed by atoms with Gasteiger partial charge in [0.05, 0.1) is 20.8 Å². The molecular weight excluding hydrogens is 320 g/mol. The van der Waals surface area contributed by atoms with Gasteiger partial charge < -0.3 is 24.1 Å². The van der Waals surface area contributed by atoms with Gasteiger partial charge in [-0.2, -0.15) is 0 Å². The van der Waals surface area contributed by atoms with Crippen LogP contribution in [-0.2, 0) is 0 Å². The van der Waals surface area contributed by atoms with E-state index in [1.807, 2.05) is 25.1 Å². The van der Waals surface area contributed by atoms with Crippen molar-refractivity contribution in [2.75, 3.05) is 20.8 Å². The molecule has 0 saturated heterocycles. The highest BCUT2D eigenvalue weighted by Gasteiger charge is 2.17. The molecule has 0 bridgehead atoms. The van der Waals surface area contributed by atoms with Crippen molar-refractivity contribution in [1.82, 2.24) is 0 Å². The molecule has 25 heavy (non-hydrogen) atoms. The van der Waals surface area contributed by atoms with Gasteiger partial charge in [-0.25, -0.2) is 0 Å². The van der Waals surface area contributed by atoms with E-state index in [9.17, 15) is 5.11 Å². The van der Waals surface area contributed by atoms with Gasteiger partial charge in [-0.3, -0.25) is 0 Å². The number of rotatable bonds is 5. The van der Waals surface area contributed by atoms with Crippen molar-refractivity contribution >= 4 is 17.0 Å². The lowest BCUT2D eigenvalue weighted by atomic mass is 10.0. The first-order valence-corrected chi connectivity index (χ1v) is 7.85. The Kier molecular flexibility index (Phi) is 4.67. The van der Waals surface area contributed by atoms with Crippen molar-refractivity contribution in [3.05, 3.63) is 47.5 Å². The number of aromatic hydroxyl groups is 1. The van der Waals surface area contributed by atoms with E-state index in [1.54, 1.807) is 31.4 Å². The number of phenolic OH excluding ortho intramolecular Hbond substituents is 1. The van der Waals surface area contributed by atoms with E-state index in [0.717, 1.165) is 22.1 Å². The van der Waals surface area contributed by atoms with Gasteiger partial charge in [-0.1, -0.05) is 12.2 Å². The van der Waals surface area contributed by atoms with Crippen LogP contribution in [0, 0.1) is 6.92 Å². The fourth-order valence-corrected chi connectivity index (χ4v) is 2.84. The number of methoxy groups -OCH3 is 2. The third-order valence-corrected chi connectivity index (χ3v) is 4.10. The molecule has 2 aromatic carbocycles. The first kappa shape index (κ1) is 16.9. The zero-order valence-electron chi connectivity index (χ0n) is 14.4. The van der Waals surface area contributed by atoms with Crippen LogP contribution in [0.2, 0.25) is 0 Å². The van der Waals surface area contributed by atoms with Crippen molar-refractivity contribution in [2.24, 2.45) is 0 Å². The lowest BCUT2D eigenvalue weighted by molar-refractivity contribution is 0.343. The van der Waals surface area contributed by atoms with Crippen LogP contribution < -0.4 is 9.47 Å². The molecule has 0 aliphatic rings. The van der Waals surface area contributed by atoms with Crippen molar-refractivity contribution < 1.29 is 24.1 Å². The Bertz CT molecular complexity index is 937. The largest absolute Gasteiger partial charge is 0.504 e. The van der Waals surface area contributed by atoms with Gasteiger partial charge in [0.2, 0.25) is 0 Å². The summed E-state index contributed by atoms with van der Waals surface area (Å²) in [6.45, 7) is 1.95. The average molecular weight is 340 g/mol. The van der Waals surface area contributed by atoms with E-state index >= 15 is 0 Å². The highest BCUT2D eigenvalue weighted by atomic mass is 16.5. The molecular formula is C20H20O5. The Morgan fingerprint density at radius 3 is 2.52 bits per heavy atom. The molecule has 1 aromatic heterocycles. The van der Waals surface area contributed by atoms with Crippen LogP contribution in [0.15, 0.2) is 40.8 Å². The number of ether oxygens (including phenoxy) is 2. The number of benzene rings is 2. The van der Waals surface area contributed by atoms with E-state index in [0.29, 0.717) is 22.8 Å². The zero-order valence-corrected chi connectivity index (χ0v) is 14.4. The zero-order chi connectivity index (χ0) is 18.0. The molecule has 0 atom stereocenters. The van der Waals surface area contributed by atoms with Gasteiger partial charge >= 0.3 is 0 Å². The van der Waals surface area contributed by atoms with E-state index in [1.165, 1.54) is 7.11 Å². The lowest BCUT2D eigenvalue weighted by Crippen LogP contribution is -1.85. The molecule has 0 saturated carbocycles. The summed E-state index contributed by atoms with van der Waals surface area (Å²) in [5.41, 5.74) is 3.33. The highest BCUT2D eigenvalue weighted by Crippen LogP contribution is 2.40. The van der Waals surface area contributed by atoms with Crippen LogP contribution in [0.4, 0.5) is 0 Å². The third kappa shape index (κ3) is 3.06. The number of hydrogen-bond acceptors (Lipinski definition) is 5. The quantitative estimate of drug-likeness (QED) is 0.730. The SMILES string of the molecule is COc1cc(-c2oc3c(OC)cc(/C=C/CO)cc3c2C)ccc1O. The van der Waals surface area contributed by atoms with E-state index in [4.69, 9.17) is 19.0 Å². The molecule has 5 nitrogen and oxygen atoms in total. The molecule has 3 rings (SSSR count). The van der Waals surface area contributed by atoms with Gasteiger partial charge in [0, 0.05) is 16.5 Å². The second-order valence-electron chi connectivity index (χ2n) is 5.63. The summed E-state index contributed by atoms with van der Waals surface area (Å²) >= 11 is 0. The Morgan fingerprint density at radius 2 is 1.84 bits per heavy atom. The predicted octanol–water partition coefficient (Wildman–Crippen LogP) is 4.14. The first-order chi connectivity index (χ1) is 12.1. The van der Waals surface area contributed by atoms with Crippen molar-refractivity contribution in [3.63, 3.8) is 0 Å². The Balaban J connectivity index is 2.21. The maximum Gasteiger partial charge on any atom is 0.176 e. The molecule has 0 spiro atoms. The van der Waals surface area contributed by atoms with Crippen molar-refractivity contribution in [3.8, 4) is 28.6 Å². The molecule has 3 aromatic rings. The molecule has 1 heterocycles. The fraction of sp³-hybridized carbons (Fsp3) is 0.200. The molecule has 130 valence electrons. The van der Waals surface area contributed by atoms with Crippen LogP contribution in [0.1, 0.15) is 11.1 Å². The summed E-state index contributed by atoms with van der Waals surface area (Å²) in [4.78, 5) is 0. The summed E-state index contributed by atoms with van der Waals surface area (Å²) in [7, 11) is 3.10. The number of aryl methyl sites for hydroxylation is 1. The summed E-state index contributed by atoms with van der Waals surface area (Å²) < 4.78 is 16.7. The molecule has 0 aliphatic heterocycles. The standard InChI is InChI=1S/C20H20O5/c1-12-15-9-13(5-4-8-21)10-18(24-3)20(15)25-19(12)14-6-7-16(22)17(11-14)23-2/h4-7,9-11,21-22H,8H2,1-3H3/b5-4+. The third-order valence-electron chi connectivity index (χ3n) is 4.10. The molecule has 0 aliphatic carbocycles. The molecule has 5 heteroatoms. The van der Waals surface area contributed by atoms with Gasteiger partial charge in [-0.05, 0) is 42.8 Å². The molecule has 2 N–H and O–H groups in total. The minimum atomic E-state index is -0.0245. The number of furan rings is 1. The number of aliphatic hydroxyl groups is 1. The molecule has 0 amide bonds. The number of aliphatic hydroxyl groups excluding tert-OH is 1. The first-order valence-electron chi connectivity index (χ1n) is 7.85. The Labute approximate surface area is 145 Å². The van der Waals surface area contributed by atoms with Crippen molar-refractivity contribution in [2.45, 2.75) is 6.92 Å². The summed E-state index contributed by atoms with van der Waals surface area (Å²) in [5.74, 6) is 1.77. The Morgan fingerprint density at radius 1 is 1.08 bits per heavy atom. The van der Waals surface area contributed by atoms with Gasteiger partial charge in [0.15, 0.2) is 22.8 Å². The second kappa shape index (κ2) is 6.91. The second-order valence-corrected chi connectivity index (χ2v) is 5.63. The van der Waals surface area contributed by atoms with Crippen LogP contribution in [-0.4, -0.2) is 31.0 Å². The summed E-state index contributed by atoms with van der Waals surface area (Å²) in [5, 5.41) is 19.7. The molecule has 0 unspecified atom stereocenters. The van der Waals surface area contributed by atoms with E-state index in [2.05, 4.69) is 0 Å². The van der Waals surface area contributed by atoms with Gasteiger partial charge in [-0.15, -0.1) is 0 Å². The fourth-order valence-electron chi connectivity index (χ4n) is 2.84. The van der Waals surface area contributed by atoms with Crippen LogP contribution in [0.3, 0.4) is 0 Å². The van der Waals surface area contributed by atoms with Crippen LogP contribution in [0.25, 0.3) is 28.4 Å². The maximum atomic E-state index is 9.79. The highest BCUT2D eigenvalue weighted by molar-refractivity contribution is 5.93. The van der Waals surface area contributed by atoms with Crippen LogP contribution >= 0.6 is 0 Å². The monoisotopic (exact) mass is 340 g/mol. The normalized spacial score (nSPS) is 11.4. The smallest absolute Gasteiger partial charge is 0.176 e. The average Bonchev–Trinajstić information content (AvgIpc) is 2.96. The van der Waals surface area contributed by atoms with Gasteiger partial charge in [0.25, 0.3) is 0 Å². The number of fused-ring (bicyclic) bond motifs is 1. The van der Waals surface area contributed by atoms with Crippen LogP contribution in [0.5, 0.6) is 17.2 Å².